The van der Waals surface area contributed by atoms with E-state index in [2.05, 4.69) is 33.2 Å². The molecule has 4 rings (SSSR count). The number of carbonyl (C=O) groups excluding carboxylic acids is 1. The zero-order chi connectivity index (χ0) is 21.8. The molecule has 8 heteroatoms. The van der Waals surface area contributed by atoms with Crippen molar-refractivity contribution in [3.05, 3.63) is 58.0 Å². The van der Waals surface area contributed by atoms with Gasteiger partial charge in [0.2, 0.25) is 11.8 Å². The van der Waals surface area contributed by atoms with Crippen molar-refractivity contribution in [1.82, 2.24) is 19.9 Å². The molecule has 1 aliphatic rings. The summed E-state index contributed by atoms with van der Waals surface area (Å²) in [5, 5.41) is 4.72. The minimum absolute atomic E-state index is 0.156. The summed E-state index contributed by atoms with van der Waals surface area (Å²) >= 11 is 7.92. The average Bonchev–Trinajstić information content (AvgIpc) is 3.42. The first-order valence-corrected chi connectivity index (χ1v) is 11.8. The van der Waals surface area contributed by atoms with Gasteiger partial charge in [0.05, 0.1) is 0 Å². The number of piperazine rings is 1. The maximum atomic E-state index is 12.6. The van der Waals surface area contributed by atoms with Crippen LogP contribution in [0.4, 0.5) is 0 Å². The highest BCUT2D eigenvalue weighted by atomic mass is 35.5. The molecule has 0 bridgehead atoms. The third-order valence-corrected chi connectivity index (χ3v) is 6.78. The van der Waals surface area contributed by atoms with Gasteiger partial charge >= 0.3 is 0 Å². The van der Waals surface area contributed by atoms with Gasteiger partial charge < -0.3 is 9.42 Å². The second-order valence-corrected chi connectivity index (χ2v) is 9.74. The molecule has 2 aromatic heterocycles. The number of hydrogen-bond acceptors (Lipinski definition) is 6. The fourth-order valence-electron chi connectivity index (χ4n) is 3.61. The standard InChI is InChI=1S/C23H27ClN4O2S/c1-16(2)23-25-21(30-26-23)8-9-22(29)28-12-10-27(11-13-28)15-19-6-7-20(31-19)17-4-3-5-18(24)14-17/h3-7,14,16H,8-13,15H2,1-2H3. The van der Waals surface area contributed by atoms with Crippen LogP contribution < -0.4 is 0 Å². The minimum atomic E-state index is 0.156. The van der Waals surface area contributed by atoms with Crippen LogP contribution >= 0.6 is 22.9 Å². The van der Waals surface area contributed by atoms with Crippen molar-refractivity contribution in [2.24, 2.45) is 0 Å². The van der Waals surface area contributed by atoms with E-state index in [-0.39, 0.29) is 11.8 Å². The molecule has 1 fully saturated rings. The van der Waals surface area contributed by atoms with Crippen molar-refractivity contribution in [2.75, 3.05) is 26.2 Å². The molecule has 0 radical (unpaired) electrons. The van der Waals surface area contributed by atoms with E-state index in [1.165, 1.54) is 9.75 Å². The van der Waals surface area contributed by atoms with Crippen molar-refractivity contribution < 1.29 is 9.32 Å². The summed E-state index contributed by atoms with van der Waals surface area (Å²) < 4.78 is 5.24. The number of halogens is 1. The molecule has 0 aliphatic carbocycles. The number of aromatic nitrogens is 2. The molecule has 0 N–H and O–H groups in total. The Bertz CT molecular complexity index is 1020. The maximum Gasteiger partial charge on any atom is 0.227 e. The van der Waals surface area contributed by atoms with Crippen LogP contribution in [0.5, 0.6) is 0 Å². The molecule has 1 saturated heterocycles. The molecule has 6 nitrogen and oxygen atoms in total. The zero-order valence-corrected chi connectivity index (χ0v) is 19.5. The summed E-state index contributed by atoms with van der Waals surface area (Å²) in [4.78, 5) is 23.8. The van der Waals surface area contributed by atoms with Crippen LogP contribution in [0.25, 0.3) is 10.4 Å². The molecular formula is C23H27ClN4O2S. The molecular weight excluding hydrogens is 432 g/mol. The number of hydrogen-bond donors (Lipinski definition) is 0. The fourth-order valence-corrected chi connectivity index (χ4v) is 4.85. The largest absolute Gasteiger partial charge is 0.340 e. The van der Waals surface area contributed by atoms with Gasteiger partial charge in [0.1, 0.15) is 0 Å². The molecule has 31 heavy (non-hydrogen) atoms. The predicted octanol–water partition coefficient (Wildman–Crippen LogP) is 4.85. The average molecular weight is 459 g/mol. The van der Waals surface area contributed by atoms with Crippen molar-refractivity contribution in [2.45, 2.75) is 39.2 Å². The van der Waals surface area contributed by atoms with Gasteiger partial charge in [-0.1, -0.05) is 42.7 Å². The summed E-state index contributed by atoms with van der Waals surface area (Å²) in [7, 11) is 0. The topological polar surface area (TPSA) is 62.5 Å². The van der Waals surface area contributed by atoms with Gasteiger partial charge in [-0.15, -0.1) is 11.3 Å². The molecule has 1 amide bonds. The number of amides is 1. The maximum absolute atomic E-state index is 12.6. The molecule has 3 aromatic rings. The van der Waals surface area contributed by atoms with E-state index in [1.54, 1.807) is 11.3 Å². The van der Waals surface area contributed by atoms with E-state index in [0.717, 1.165) is 43.3 Å². The number of carbonyl (C=O) groups is 1. The second kappa shape index (κ2) is 9.94. The summed E-state index contributed by atoms with van der Waals surface area (Å²) in [6.45, 7) is 8.23. The Morgan fingerprint density at radius 2 is 2.00 bits per heavy atom. The number of benzene rings is 1. The van der Waals surface area contributed by atoms with Crippen LogP contribution in [-0.2, 0) is 17.8 Å². The van der Waals surface area contributed by atoms with Gasteiger partial charge in [-0.05, 0) is 29.8 Å². The van der Waals surface area contributed by atoms with Crippen molar-refractivity contribution in [3.63, 3.8) is 0 Å². The highest BCUT2D eigenvalue weighted by molar-refractivity contribution is 7.15. The van der Waals surface area contributed by atoms with Crippen LogP contribution in [0.3, 0.4) is 0 Å². The molecule has 0 saturated carbocycles. The Labute approximate surface area is 191 Å². The molecule has 1 aliphatic heterocycles. The summed E-state index contributed by atoms with van der Waals surface area (Å²) in [6.07, 6.45) is 0.911. The van der Waals surface area contributed by atoms with Gasteiger partial charge in [0.15, 0.2) is 5.82 Å². The number of thiophene rings is 1. The lowest BCUT2D eigenvalue weighted by molar-refractivity contribution is -0.133. The van der Waals surface area contributed by atoms with E-state index in [4.69, 9.17) is 16.1 Å². The summed E-state index contributed by atoms with van der Waals surface area (Å²) in [5.74, 6) is 1.63. The van der Waals surface area contributed by atoms with Crippen LogP contribution in [0.1, 0.15) is 42.8 Å². The second-order valence-electron chi connectivity index (χ2n) is 8.13. The molecule has 0 spiro atoms. The fraction of sp³-hybridized carbons (Fsp3) is 0.435. The highest BCUT2D eigenvalue weighted by Crippen LogP contribution is 2.30. The Morgan fingerprint density at radius 1 is 1.19 bits per heavy atom. The van der Waals surface area contributed by atoms with Crippen molar-refractivity contribution in [1.29, 1.82) is 0 Å². The summed E-state index contributed by atoms with van der Waals surface area (Å²) in [5.41, 5.74) is 1.15. The van der Waals surface area contributed by atoms with E-state index in [1.807, 2.05) is 36.9 Å². The van der Waals surface area contributed by atoms with Crippen LogP contribution in [0.15, 0.2) is 40.9 Å². The van der Waals surface area contributed by atoms with Crippen LogP contribution in [0, 0.1) is 0 Å². The Balaban J connectivity index is 1.23. The first-order valence-electron chi connectivity index (χ1n) is 10.6. The highest BCUT2D eigenvalue weighted by Gasteiger charge is 2.22. The Kier molecular flexibility index (Phi) is 7.05. The third-order valence-electron chi connectivity index (χ3n) is 5.43. The zero-order valence-electron chi connectivity index (χ0n) is 17.9. The Morgan fingerprint density at radius 3 is 2.71 bits per heavy atom. The van der Waals surface area contributed by atoms with E-state index >= 15 is 0 Å². The first-order chi connectivity index (χ1) is 15.0. The monoisotopic (exact) mass is 458 g/mol. The lowest BCUT2D eigenvalue weighted by atomic mass is 10.2. The SMILES string of the molecule is CC(C)c1noc(CCC(=O)N2CCN(Cc3ccc(-c4cccc(Cl)c4)s3)CC2)n1. The molecule has 1 aromatic carbocycles. The molecule has 0 unspecified atom stereocenters. The number of nitrogens with zero attached hydrogens (tertiary/aromatic N) is 4. The smallest absolute Gasteiger partial charge is 0.227 e. The lowest BCUT2D eigenvalue weighted by Gasteiger charge is -2.34. The van der Waals surface area contributed by atoms with Crippen molar-refractivity contribution >= 4 is 28.8 Å². The normalized spacial score (nSPS) is 15.0. The van der Waals surface area contributed by atoms with E-state index in [0.29, 0.717) is 24.6 Å². The molecule has 0 atom stereocenters. The molecule has 164 valence electrons. The van der Waals surface area contributed by atoms with Crippen LogP contribution in [0.2, 0.25) is 5.02 Å². The van der Waals surface area contributed by atoms with Crippen molar-refractivity contribution in [3.8, 4) is 10.4 Å². The van der Waals surface area contributed by atoms with E-state index in [9.17, 15) is 4.79 Å². The summed E-state index contributed by atoms with van der Waals surface area (Å²) in [6, 6.07) is 12.3. The first kappa shape index (κ1) is 22.0. The Hall–Kier alpha value is -2.22. The van der Waals surface area contributed by atoms with Gasteiger partial charge in [0, 0.05) is 66.3 Å². The van der Waals surface area contributed by atoms with E-state index < -0.39 is 0 Å². The minimum Gasteiger partial charge on any atom is -0.340 e. The number of rotatable bonds is 7. The third kappa shape index (κ3) is 5.73. The van der Waals surface area contributed by atoms with Gasteiger partial charge in [-0.3, -0.25) is 9.69 Å². The quantitative estimate of drug-likeness (QED) is 0.506. The lowest BCUT2D eigenvalue weighted by Crippen LogP contribution is -2.48. The number of aryl methyl sites for hydroxylation is 1. The predicted molar refractivity (Wildman–Crippen MR) is 123 cm³/mol. The van der Waals surface area contributed by atoms with Gasteiger partial charge in [-0.25, -0.2) is 0 Å². The van der Waals surface area contributed by atoms with Gasteiger partial charge in [-0.2, -0.15) is 4.98 Å². The van der Waals surface area contributed by atoms with Gasteiger partial charge in [0.25, 0.3) is 0 Å². The molecule has 3 heterocycles. The van der Waals surface area contributed by atoms with Crippen LogP contribution in [-0.4, -0.2) is 52.0 Å².